The fourth-order valence-corrected chi connectivity index (χ4v) is 2.88. The van der Waals surface area contributed by atoms with Crippen molar-refractivity contribution in [3.8, 4) is 0 Å². The number of halogens is 1. The number of carbonyl (C=O) groups is 1. The molecule has 0 amide bonds. The zero-order valence-electron chi connectivity index (χ0n) is 11.4. The number of esters is 1. The van der Waals surface area contributed by atoms with Crippen LogP contribution in [0.4, 0.5) is 10.1 Å². The van der Waals surface area contributed by atoms with Crippen molar-refractivity contribution < 1.29 is 13.9 Å². The van der Waals surface area contributed by atoms with E-state index in [4.69, 9.17) is 10.5 Å². The fraction of sp³-hybridized carbons (Fsp3) is 0.533. The highest BCUT2D eigenvalue weighted by Gasteiger charge is 2.27. The lowest BCUT2D eigenvalue weighted by atomic mass is 9.82. The van der Waals surface area contributed by atoms with Gasteiger partial charge in [-0.2, -0.15) is 0 Å². The maximum Gasteiger partial charge on any atom is 0.341 e. The molecule has 0 aliphatic heterocycles. The van der Waals surface area contributed by atoms with E-state index in [0.29, 0.717) is 17.5 Å². The molecule has 2 rings (SSSR count). The van der Waals surface area contributed by atoms with Gasteiger partial charge in [0, 0.05) is 5.69 Å². The van der Waals surface area contributed by atoms with Crippen LogP contribution in [0.1, 0.15) is 43.5 Å². The Balaban J connectivity index is 2.06. The number of benzene rings is 1. The van der Waals surface area contributed by atoms with E-state index < -0.39 is 11.8 Å². The van der Waals surface area contributed by atoms with Gasteiger partial charge in [0.15, 0.2) is 0 Å². The van der Waals surface area contributed by atoms with Crippen LogP contribution in [0.15, 0.2) is 18.2 Å². The summed E-state index contributed by atoms with van der Waals surface area (Å²) in [4.78, 5) is 12.0. The number of carbonyl (C=O) groups excluding carboxylic acids is 1. The van der Waals surface area contributed by atoms with Gasteiger partial charge < -0.3 is 10.5 Å². The molecule has 2 atom stereocenters. The highest BCUT2D eigenvalue weighted by Crippen LogP contribution is 2.31. The van der Waals surface area contributed by atoms with Gasteiger partial charge in [0.2, 0.25) is 0 Å². The summed E-state index contributed by atoms with van der Waals surface area (Å²) in [6, 6.07) is 3.95. The maximum absolute atomic E-state index is 13.6. The minimum absolute atomic E-state index is 0.0779. The van der Waals surface area contributed by atoms with Crippen LogP contribution in [0.2, 0.25) is 0 Å². The molecule has 1 fully saturated rings. The zero-order valence-corrected chi connectivity index (χ0v) is 11.4. The normalized spacial score (nSPS) is 27.0. The van der Waals surface area contributed by atoms with Crippen molar-refractivity contribution in [1.82, 2.24) is 0 Å². The van der Waals surface area contributed by atoms with Crippen LogP contribution in [0.25, 0.3) is 0 Å². The fourth-order valence-electron chi connectivity index (χ4n) is 2.88. The predicted octanol–water partition coefficient (Wildman–Crippen LogP) is 3.39. The highest BCUT2D eigenvalue weighted by atomic mass is 19.1. The lowest BCUT2D eigenvalue weighted by Crippen LogP contribution is -2.28. The smallest absolute Gasteiger partial charge is 0.341 e. The third-order valence-corrected chi connectivity index (χ3v) is 3.62. The van der Waals surface area contributed by atoms with Gasteiger partial charge in [-0.1, -0.05) is 13.8 Å². The number of rotatable bonds is 2. The molecule has 19 heavy (non-hydrogen) atoms. The number of ether oxygens (including phenoxy) is 1. The molecular formula is C15H20FNO2. The number of anilines is 1. The van der Waals surface area contributed by atoms with Gasteiger partial charge in [-0.05, 0) is 49.3 Å². The summed E-state index contributed by atoms with van der Waals surface area (Å²) in [5.74, 6) is -0.133. The molecule has 0 saturated heterocycles. The monoisotopic (exact) mass is 265 g/mol. The lowest BCUT2D eigenvalue weighted by Gasteiger charge is -2.31. The van der Waals surface area contributed by atoms with Crippen LogP contribution >= 0.6 is 0 Å². The van der Waals surface area contributed by atoms with Gasteiger partial charge in [-0.25, -0.2) is 9.18 Å². The summed E-state index contributed by atoms with van der Waals surface area (Å²) in [7, 11) is 0. The van der Waals surface area contributed by atoms with E-state index in [1.165, 1.54) is 18.2 Å². The van der Waals surface area contributed by atoms with Crippen LogP contribution in [0, 0.1) is 17.7 Å². The van der Waals surface area contributed by atoms with E-state index >= 15 is 0 Å². The molecule has 0 radical (unpaired) electrons. The van der Waals surface area contributed by atoms with Gasteiger partial charge in [-0.15, -0.1) is 0 Å². The van der Waals surface area contributed by atoms with Crippen molar-refractivity contribution >= 4 is 11.7 Å². The Morgan fingerprint density at radius 3 is 2.53 bits per heavy atom. The predicted molar refractivity (Wildman–Crippen MR) is 72.2 cm³/mol. The molecule has 2 N–H and O–H groups in total. The molecule has 3 nitrogen and oxygen atoms in total. The molecular weight excluding hydrogens is 245 g/mol. The first-order valence-corrected chi connectivity index (χ1v) is 6.71. The van der Waals surface area contributed by atoms with Crippen LogP contribution in [-0.4, -0.2) is 12.1 Å². The van der Waals surface area contributed by atoms with Gasteiger partial charge >= 0.3 is 5.97 Å². The minimum Gasteiger partial charge on any atom is -0.459 e. The molecule has 4 heteroatoms. The van der Waals surface area contributed by atoms with Gasteiger partial charge in [0.25, 0.3) is 0 Å². The van der Waals surface area contributed by atoms with Crippen molar-refractivity contribution in [3.05, 3.63) is 29.6 Å². The van der Waals surface area contributed by atoms with Gasteiger partial charge in [0.1, 0.15) is 11.9 Å². The summed E-state index contributed by atoms with van der Waals surface area (Å²) in [5.41, 5.74) is 5.85. The molecule has 0 bridgehead atoms. The standard InChI is InChI=1S/C15H20FNO2/c1-9-5-10(2)7-12(6-9)19-15(18)13-8-11(17)3-4-14(13)16/h3-4,8-10,12H,5-7,17H2,1-2H3. The van der Waals surface area contributed by atoms with E-state index in [9.17, 15) is 9.18 Å². The Morgan fingerprint density at radius 1 is 1.26 bits per heavy atom. The molecule has 0 heterocycles. The zero-order chi connectivity index (χ0) is 14.0. The molecule has 1 aliphatic carbocycles. The molecule has 0 spiro atoms. The average molecular weight is 265 g/mol. The van der Waals surface area contributed by atoms with Gasteiger partial charge in [-0.3, -0.25) is 0 Å². The molecule has 104 valence electrons. The van der Waals surface area contributed by atoms with Crippen LogP contribution in [0.5, 0.6) is 0 Å². The Labute approximate surface area is 112 Å². The summed E-state index contributed by atoms with van der Waals surface area (Å²) >= 11 is 0. The van der Waals surface area contributed by atoms with E-state index in [1.807, 2.05) is 0 Å². The first-order chi connectivity index (χ1) is 8.95. The van der Waals surface area contributed by atoms with Crippen molar-refractivity contribution in [3.63, 3.8) is 0 Å². The minimum atomic E-state index is -0.615. The van der Waals surface area contributed by atoms with Crippen molar-refractivity contribution in [1.29, 1.82) is 0 Å². The summed E-state index contributed by atoms with van der Waals surface area (Å²) < 4.78 is 19.0. The van der Waals surface area contributed by atoms with Crippen molar-refractivity contribution in [2.75, 3.05) is 5.73 Å². The topological polar surface area (TPSA) is 52.3 Å². The molecule has 1 aromatic rings. The lowest BCUT2D eigenvalue weighted by molar-refractivity contribution is 0.00762. The van der Waals surface area contributed by atoms with Gasteiger partial charge in [0.05, 0.1) is 5.56 Å². The summed E-state index contributed by atoms with van der Waals surface area (Å²) in [5, 5.41) is 0. The Morgan fingerprint density at radius 2 is 1.89 bits per heavy atom. The van der Waals surface area contributed by atoms with Crippen molar-refractivity contribution in [2.24, 2.45) is 11.8 Å². The van der Waals surface area contributed by atoms with Crippen LogP contribution < -0.4 is 5.73 Å². The quantitative estimate of drug-likeness (QED) is 0.658. The largest absolute Gasteiger partial charge is 0.459 e. The summed E-state index contributed by atoms with van der Waals surface area (Å²) in [6.45, 7) is 4.30. The third-order valence-electron chi connectivity index (χ3n) is 3.62. The number of hydrogen-bond donors (Lipinski definition) is 1. The van der Waals surface area contributed by atoms with Crippen molar-refractivity contribution in [2.45, 2.75) is 39.2 Å². The number of nitrogen functional groups attached to an aromatic ring is 1. The molecule has 1 saturated carbocycles. The first-order valence-electron chi connectivity index (χ1n) is 6.71. The number of nitrogens with two attached hydrogens (primary N) is 1. The Hall–Kier alpha value is -1.58. The maximum atomic E-state index is 13.6. The highest BCUT2D eigenvalue weighted by molar-refractivity contribution is 5.90. The molecule has 1 aromatic carbocycles. The second kappa shape index (κ2) is 5.59. The Kier molecular flexibility index (Phi) is 4.08. The molecule has 0 aromatic heterocycles. The average Bonchev–Trinajstić information content (AvgIpc) is 2.30. The Bertz CT molecular complexity index is 465. The van der Waals surface area contributed by atoms with Crippen LogP contribution in [0.3, 0.4) is 0 Å². The third kappa shape index (κ3) is 3.46. The molecule has 2 unspecified atom stereocenters. The van der Waals surface area contributed by atoms with E-state index in [2.05, 4.69) is 13.8 Å². The second-order valence-electron chi connectivity index (χ2n) is 5.68. The van der Waals surface area contributed by atoms with E-state index in [-0.39, 0.29) is 11.7 Å². The second-order valence-corrected chi connectivity index (χ2v) is 5.68. The summed E-state index contributed by atoms with van der Waals surface area (Å²) in [6.07, 6.45) is 2.73. The number of hydrogen-bond acceptors (Lipinski definition) is 3. The van der Waals surface area contributed by atoms with E-state index in [0.717, 1.165) is 19.3 Å². The molecule has 1 aliphatic rings. The van der Waals surface area contributed by atoms with E-state index in [1.54, 1.807) is 0 Å². The SMILES string of the molecule is CC1CC(C)CC(OC(=O)c2cc(N)ccc2F)C1. The first kappa shape index (κ1) is 13.8. The van der Waals surface area contributed by atoms with Crippen LogP contribution in [-0.2, 0) is 4.74 Å².